The number of halogens is 1. The predicted octanol–water partition coefficient (Wildman–Crippen LogP) is 3.75. The first-order valence-electron chi connectivity index (χ1n) is 13.5. The summed E-state index contributed by atoms with van der Waals surface area (Å²) in [5.41, 5.74) is 9.21. The molecule has 0 aliphatic carbocycles. The molecule has 1 saturated heterocycles. The molecule has 1 fully saturated rings. The fourth-order valence-corrected chi connectivity index (χ4v) is 7.93. The first-order chi connectivity index (χ1) is 18.6. The Morgan fingerprint density at radius 1 is 1.12 bits per heavy atom. The summed E-state index contributed by atoms with van der Waals surface area (Å²) >= 11 is 6.67. The van der Waals surface area contributed by atoms with Crippen molar-refractivity contribution in [3.8, 4) is 5.75 Å². The van der Waals surface area contributed by atoms with Gasteiger partial charge in [-0.15, -0.1) is 0 Å². The molecule has 40 heavy (non-hydrogen) atoms. The smallest absolute Gasteiger partial charge is 0.244 e. The number of carbonyl (C=O) groups excluding carboxylic acids is 2. The second-order valence-electron chi connectivity index (χ2n) is 11.8. The molecule has 1 unspecified atom stereocenters. The summed E-state index contributed by atoms with van der Waals surface area (Å²) in [4.78, 5) is 27.9. The monoisotopic (exact) mass is 590 g/mol. The van der Waals surface area contributed by atoms with Crippen LogP contribution in [0.2, 0.25) is 5.02 Å². The molecule has 0 radical (unpaired) electrons. The van der Waals surface area contributed by atoms with Gasteiger partial charge in [0.2, 0.25) is 21.8 Å². The maximum absolute atomic E-state index is 14.0. The van der Waals surface area contributed by atoms with Crippen molar-refractivity contribution in [1.82, 2.24) is 14.5 Å². The maximum atomic E-state index is 14.0. The van der Waals surface area contributed by atoms with Crippen LogP contribution >= 0.6 is 11.6 Å². The standard InChI is InChI=1S/C29H39ClN4O5S/c1-17-11-18(2)27(19(3)12-17)40(37,38)34-9-8-33(28(36)24(34)15-26(31)35)23-7-10-39-25-13-20(16-32-29(4,5)6)22(30)14-21(23)25/h11-14,23-24,32H,7-10,15-16H2,1-6H3,(H2,31,35)/t23-,24?/m1/s1. The van der Waals surface area contributed by atoms with Crippen LogP contribution in [0.4, 0.5) is 0 Å². The summed E-state index contributed by atoms with van der Waals surface area (Å²) in [6.45, 7) is 12.7. The number of hydrogen-bond acceptors (Lipinski definition) is 6. The fourth-order valence-electron chi connectivity index (χ4n) is 5.71. The molecule has 0 spiro atoms. The third-order valence-electron chi connectivity index (χ3n) is 7.42. The van der Waals surface area contributed by atoms with Crippen molar-refractivity contribution in [2.24, 2.45) is 5.73 Å². The Hall–Kier alpha value is -2.66. The Balaban J connectivity index is 1.67. The Kier molecular flexibility index (Phi) is 8.57. The quantitative estimate of drug-likeness (QED) is 0.506. The molecule has 2 aromatic rings. The van der Waals surface area contributed by atoms with E-state index in [1.165, 1.54) is 0 Å². The van der Waals surface area contributed by atoms with Gasteiger partial charge in [0.25, 0.3) is 0 Å². The van der Waals surface area contributed by atoms with E-state index in [4.69, 9.17) is 22.1 Å². The number of piperazine rings is 1. The zero-order valence-electron chi connectivity index (χ0n) is 24.0. The molecule has 2 aromatic carbocycles. The number of aryl methyl sites for hydroxylation is 3. The molecule has 2 atom stereocenters. The maximum Gasteiger partial charge on any atom is 0.244 e. The molecule has 0 saturated carbocycles. The molecule has 2 amide bonds. The highest BCUT2D eigenvalue weighted by Crippen LogP contribution is 2.41. The molecule has 3 N–H and O–H groups in total. The van der Waals surface area contributed by atoms with E-state index in [9.17, 15) is 18.0 Å². The number of nitrogens with one attached hydrogen (secondary N) is 1. The lowest BCUT2D eigenvalue weighted by atomic mass is 9.95. The number of carbonyl (C=O) groups is 2. The van der Waals surface area contributed by atoms with Crippen molar-refractivity contribution in [2.45, 2.75) is 83.4 Å². The van der Waals surface area contributed by atoms with E-state index in [1.54, 1.807) is 30.9 Å². The van der Waals surface area contributed by atoms with Crippen LogP contribution in [0.3, 0.4) is 0 Å². The lowest BCUT2D eigenvalue weighted by Crippen LogP contribution is -2.60. The van der Waals surface area contributed by atoms with Gasteiger partial charge in [0, 0.05) is 42.2 Å². The third kappa shape index (κ3) is 6.15. The van der Waals surface area contributed by atoms with Crippen LogP contribution in [0.25, 0.3) is 0 Å². The number of hydrogen-bond donors (Lipinski definition) is 2. The Morgan fingerprint density at radius 3 is 2.38 bits per heavy atom. The summed E-state index contributed by atoms with van der Waals surface area (Å²) in [6, 6.07) is 5.72. The van der Waals surface area contributed by atoms with Crippen LogP contribution < -0.4 is 15.8 Å². The Bertz CT molecular complexity index is 1410. The van der Waals surface area contributed by atoms with E-state index in [-0.39, 0.29) is 29.6 Å². The summed E-state index contributed by atoms with van der Waals surface area (Å²) in [5, 5.41) is 3.98. The number of ether oxygens (including phenoxy) is 1. The summed E-state index contributed by atoms with van der Waals surface area (Å²) in [5.74, 6) is -0.556. The van der Waals surface area contributed by atoms with E-state index < -0.39 is 34.3 Å². The largest absolute Gasteiger partial charge is 0.493 e. The number of nitrogens with zero attached hydrogens (tertiary/aromatic N) is 2. The van der Waals surface area contributed by atoms with Crippen molar-refractivity contribution in [3.05, 3.63) is 57.1 Å². The number of rotatable bonds is 7. The van der Waals surface area contributed by atoms with Gasteiger partial charge in [-0.25, -0.2) is 8.42 Å². The molecule has 2 aliphatic heterocycles. The average Bonchev–Trinajstić information content (AvgIpc) is 2.82. The van der Waals surface area contributed by atoms with Gasteiger partial charge in [-0.2, -0.15) is 4.31 Å². The van der Waals surface area contributed by atoms with Crippen LogP contribution in [-0.2, 0) is 26.2 Å². The van der Waals surface area contributed by atoms with Gasteiger partial charge in [0.15, 0.2) is 0 Å². The van der Waals surface area contributed by atoms with E-state index in [0.29, 0.717) is 41.5 Å². The Labute approximate surface area is 242 Å². The first-order valence-corrected chi connectivity index (χ1v) is 15.3. The topological polar surface area (TPSA) is 122 Å². The second-order valence-corrected chi connectivity index (χ2v) is 14.0. The molecular weight excluding hydrogens is 552 g/mol. The van der Waals surface area contributed by atoms with Crippen LogP contribution in [0.1, 0.15) is 67.5 Å². The van der Waals surface area contributed by atoms with Gasteiger partial charge < -0.3 is 20.7 Å². The highest BCUT2D eigenvalue weighted by Gasteiger charge is 2.46. The number of sulfonamides is 1. The van der Waals surface area contributed by atoms with E-state index in [1.807, 2.05) is 19.1 Å². The van der Waals surface area contributed by atoms with Crippen molar-refractivity contribution < 1.29 is 22.7 Å². The van der Waals surface area contributed by atoms with Crippen LogP contribution in [0.15, 0.2) is 29.2 Å². The van der Waals surface area contributed by atoms with Gasteiger partial charge in [0.05, 0.1) is 24.0 Å². The summed E-state index contributed by atoms with van der Waals surface area (Å²) in [7, 11) is -4.09. The zero-order chi connectivity index (χ0) is 29.6. The first kappa shape index (κ1) is 30.3. The SMILES string of the molecule is Cc1cc(C)c(S(=O)(=O)N2CCN([C@@H]3CCOc4cc(CNC(C)(C)C)c(Cl)cc43)C(=O)C2CC(N)=O)c(C)c1. The third-order valence-corrected chi connectivity index (χ3v) is 9.98. The van der Waals surface area contributed by atoms with Gasteiger partial charge in [-0.1, -0.05) is 29.3 Å². The molecule has 0 aromatic heterocycles. The van der Waals surface area contributed by atoms with Crippen LogP contribution in [-0.4, -0.2) is 60.7 Å². The predicted molar refractivity (Wildman–Crippen MR) is 155 cm³/mol. The Morgan fingerprint density at radius 2 is 1.77 bits per heavy atom. The lowest BCUT2D eigenvalue weighted by molar-refractivity contribution is -0.144. The molecule has 11 heteroatoms. The normalized spacial score (nSPS) is 20.3. The second kappa shape index (κ2) is 11.3. The van der Waals surface area contributed by atoms with Gasteiger partial charge in [-0.05, 0) is 70.4 Å². The number of benzene rings is 2. The van der Waals surface area contributed by atoms with E-state index >= 15 is 0 Å². The number of primary amides is 1. The minimum Gasteiger partial charge on any atom is -0.493 e. The molecular formula is C29H39ClN4O5S. The molecule has 2 heterocycles. The zero-order valence-corrected chi connectivity index (χ0v) is 25.6. The van der Waals surface area contributed by atoms with Crippen molar-refractivity contribution in [3.63, 3.8) is 0 Å². The number of nitrogens with two attached hydrogens (primary N) is 1. The highest BCUT2D eigenvalue weighted by molar-refractivity contribution is 7.89. The number of fused-ring (bicyclic) bond motifs is 1. The van der Waals surface area contributed by atoms with Gasteiger partial charge >= 0.3 is 0 Å². The van der Waals surface area contributed by atoms with Crippen molar-refractivity contribution >= 4 is 33.4 Å². The lowest BCUT2D eigenvalue weighted by Gasteiger charge is -2.44. The van der Waals surface area contributed by atoms with Crippen LogP contribution in [0.5, 0.6) is 5.75 Å². The molecule has 218 valence electrons. The van der Waals surface area contributed by atoms with Crippen molar-refractivity contribution in [2.75, 3.05) is 19.7 Å². The fraction of sp³-hybridized carbons (Fsp3) is 0.517. The van der Waals surface area contributed by atoms with Crippen molar-refractivity contribution in [1.29, 1.82) is 0 Å². The van der Waals surface area contributed by atoms with E-state index in [2.05, 4.69) is 26.1 Å². The minimum atomic E-state index is -4.09. The molecule has 9 nitrogen and oxygen atoms in total. The molecule has 0 bridgehead atoms. The molecule has 2 aliphatic rings. The highest BCUT2D eigenvalue weighted by atomic mass is 35.5. The number of amides is 2. The molecule has 4 rings (SSSR count). The minimum absolute atomic E-state index is 0.0345. The van der Waals surface area contributed by atoms with Gasteiger partial charge in [-0.3, -0.25) is 9.59 Å². The van der Waals surface area contributed by atoms with Crippen LogP contribution in [0, 0.1) is 20.8 Å². The van der Waals surface area contributed by atoms with Gasteiger partial charge in [0.1, 0.15) is 11.8 Å². The van der Waals surface area contributed by atoms with E-state index in [0.717, 1.165) is 21.0 Å². The summed E-state index contributed by atoms with van der Waals surface area (Å²) in [6.07, 6.45) is 0.105. The summed E-state index contributed by atoms with van der Waals surface area (Å²) < 4.78 is 35.0. The average molecular weight is 591 g/mol.